The highest BCUT2D eigenvalue weighted by atomic mass is 32.2. The number of aromatic nitrogens is 2. The Hall–Kier alpha value is -2.52. The molecule has 1 heterocycles. The summed E-state index contributed by atoms with van der Waals surface area (Å²) in [5, 5.41) is 9.23. The van der Waals surface area contributed by atoms with E-state index >= 15 is 0 Å². The standard InChI is InChI=1S/C15H14N2O5S2/c1-3-5-6-9(4-2)24(21,22)13-11(23)8-7-10-12(13)16-15(19)17(20)14(10)18/h3-8,20,23H,2H2,1H3,(H,16,19)/b5-3-,9-6+. The van der Waals surface area contributed by atoms with Crippen LogP contribution in [0.4, 0.5) is 0 Å². The van der Waals surface area contributed by atoms with Crippen LogP contribution in [0, 0.1) is 0 Å². The van der Waals surface area contributed by atoms with Crippen molar-refractivity contribution in [3.05, 3.63) is 68.8 Å². The van der Waals surface area contributed by atoms with Crippen LogP contribution in [0.25, 0.3) is 10.9 Å². The molecule has 0 amide bonds. The fraction of sp³-hybridized carbons (Fsp3) is 0.0667. The van der Waals surface area contributed by atoms with Crippen LogP contribution in [-0.4, -0.2) is 23.3 Å². The van der Waals surface area contributed by atoms with Crippen molar-refractivity contribution in [3.63, 3.8) is 0 Å². The average Bonchev–Trinajstić information content (AvgIpc) is 2.52. The Labute approximate surface area is 142 Å². The molecule has 2 rings (SSSR count). The van der Waals surface area contributed by atoms with E-state index in [0.717, 1.165) is 6.08 Å². The first-order chi connectivity index (χ1) is 11.3. The molecule has 0 radical (unpaired) electrons. The molecule has 0 aliphatic rings. The summed E-state index contributed by atoms with van der Waals surface area (Å²) in [6.45, 7) is 5.20. The van der Waals surface area contributed by atoms with E-state index in [1.807, 2.05) is 0 Å². The van der Waals surface area contributed by atoms with Crippen molar-refractivity contribution in [2.24, 2.45) is 0 Å². The van der Waals surface area contributed by atoms with Gasteiger partial charge in [-0.25, -0.2) is 13.2 Å². The molecule has 0 saturated carbocycles. The zero-order chi connectivity index (χ0) is 18.1. The number of H-pyrrole nitrogens is 1. The third kappa shape index (κ3) is 2.83. The monoisotopic (exact) mass is 366 g/mol. The lowest BCUT2D eigenvalue weighted by molar-refractivity contribution is 0.162. The summed E-state index contributed by atoms with van der Waals surface area (Å²) in [6, 6.07) is 2.57. The number of allylic oxidation sites excluding steroid dienone is 4. The zero-order valence-electron chi connectivity index (χ0n) is 12.6. The van der Waals surface area contributed by atoms with Gasteiger partial charge >= 0.3 is 5.69 Å². The van der Waals surface area contributed by atoms with Crippen LogP contribution in [0.15, 0.2) is 67.3 Å². The lowest BCUT2D eigenvalue weighted by Gasteiger charge is -2.11. The number of sulfone groups is 1. The minimum absolute atomic E-state index is 0.0430. The van der Waals surface area contributed by atoms with Crippen LogP contribution >= 0.6 is 12.6 Å². The first-order valence-electron chi connectivity index (χ1n) is 6.66. The van der Waals surface area contributed by atoms with E-state index in [2.05, 4.69) is 24.2 Å². The molecule has 7 nitrogen and oxygen atoms in total. The highest BCUT2D eigenvalue weighted by Crippen LogP contribution is 2.31. The Morgan fingerprint density at radius 1 is 1.38 bits per heavy atom. The van der Waals surface area contributed by atoms with Gasteiger partial charge in [-0.3, -0.25) is 4.79 Å². The first kappa shape index (κ1) is 17.8. The van der Waals surface area contributed by atoms with Crippen molar-refractivity contribution in [3.8, 4) is 0 Å². The molecule has 1 aromatic heterocycles. The summed E-state index contributed by atoms with van der Waals surface area (Å²) in [6.07, 6.45) is 5.63. The average molecular weight is 366 g/mol. The Morgan fingerprint density at radius 2 is 2.04 bits per heavy atom. The van der Waals surface area contributed by atoms with Gasteiger partial charge in [-0.15, -0.1) is 12.6 Å². The molecule has 0 bridgehead atoms. The zero-order valence-corrected chi connectivity index (χ0v) is 14.3. The van der Waals surface area contributed by atoms with Crippen LogP contribution in [0.2, 0.25) is 0 Å². The van der Waals surface area contributed by atoms with Gasteiger partial charge in [-0.05, 0) is 25.1 Å². The molecule has 2 aromatic rings. The van der Waals surface area contributed by atoms with Crippen molar-refractivity contribution < 1.29 is 13.6 Å². The number of aromatic amines is 1. The Kier molecular flexibility index (Phi) is 4.86. The van der Waals surface area contributed by atoms with Crippen LogP contribution in [-0.2, 0) is 9.84 Å². The number of benzene rings is 1. The maximum absolute atomic E-state index is 12.9. The molecule has 9 heteroatoms. The maximum atomic E-state index is 12.9. The van der Waals surface area contributed by atoms with Crippen molar-refractivity contribution in [2.75, 3.05) is 0 Å². The predicted octanol–water partition coefficient (Wildman–Crippen LogP) is 1.64. The van der Waals surface area contributed by atoms with Gasteiger partial charge in [0.2, 0.25) is 9.84 Å². The topological polar surface area (TPSA) is 109 Å². The number of hydrogen-bond acceptors (Lipinski definition) is 6. The molecule has 0 fully saturated rings. The largest absolute Gasteiger partial charge is 0.421 e. The van der Waals surface area contributed by atoms with E-state index in [1.54, 1.807) is 13.0 Å². The second-order valence-corrected chi connectivity index (χ2v) is 7.05. The van der Waals surface area contributed by atoms with Gasteiger partial charge in [0.1, 0.15) is 4.90 Å². The van der Waals surface area contributed by atoms with Crippen LogP contribution in [0.1, 0.15) is 6.92 Å². The Balaban J connectivity index is 3.01. The minimum Gasteiger partial charge on any atom is -0.421 e. The van der Waals surface area contributed by atoms with E-state index in [9.17, 15) is 23.2 Å². The van der Waals surface area contributed by atoms with E-state index in [4.69, 9.17) is 0 Å². The van der Waals surface area contributed by atoms with Gasteiger partial charge in [0.15, 0.2) is 0 Å². The van der Waals surface area contributed by atoms with E-state index in [0.29, 0.717) is 0 Å². The molecule has 0 saturated heterocycles. The molecule has 2 N–H and O–H groups in total. The minimum atomic E-state index is -4.11. The third-order valence-electron chi connectivity index (χ3n) is 3.22. The number of thiol groups is 1. The Morgan fingerprint density at radius 3 is 2.62 bits per heavy atom. The van der Waals surface area contributed by atoms with Crippen LogP contribution in [0.3, 0.4) is 0 Å². The van der Waals surface area contributed by atoms with E-state index in [1.165, 1.54) is 24.3 Å². The lowest BCUT2D eigenvalue weighted by Crippen LogP contribution is -2.33. The van der Waals surface area contributed by atoms with Gasteiger partial charge in [-0.1, -0.05) is 29.5 Å². The molecular weight excluding hydrogens is 352 g/mol. The number of nitrogens with one attached hydrogen (secondary N) is 1. The van der Waals surface area contributed by atoms with Gasteiger partial charge in [0, 0.05) is 4.90 Å². The molecule has 0 unspecified atom stereocenters. The molecule has 0 aliphatic heterocycles. The summed E-state index contributed by atoms with van der Waals surface area (Å²) in [4.78, 5) is 25.4. The molecule has 0 spiro atoms. The molecule has 126 valence electrons. The third-order valence-corrected chi connectivity index (χ3v) is 5.63. The molecule has 0 aliphatic carbocycles. The number of fused-ring (bicyclic) bond motifs is 1. The molecule has 24 heavy (non-hydrogen) atoms. The molecular formula is C15H14N2O5S2. The predicted molar refractivity (Wildman–Crippen MR) is 93.5 cm³/mol. The second-order valence-electron chi connectivity index (χ2n) is 4.69. The van der Waals surface area contributed by atoms with Crippen molar-refractivity contribution in [2.45, 2.75) is 16.7 Å². The SMILES string of the molecule is C=C/C(=C\C=C/C)S(=O)(=O)c1c(S)ccc2c(=O)n(O)c(=O)[nH]c12. The van der Waals surface area contributed by atoms with Crippen molar-refractivity contribution >= 4 is 33.4 Å². The maximum Gasteiger partial charge on any atom is 0.362 e. The number of rotatable bonds is 4. The fourth-order valence-electron chi connectivity index (χ4n) is 2.09. The summed E-state index contributed by atoms with van der Waals surface area (Å²) in [7, 11) is -4.11. The highest BCUT2D eigenvalue weighted by Gasteiger charge is 2.25. The van der Waals surface area contributed by atoms with Gasteiger partial charge in [0.05, 0.1) is 15.8 Å². The van der Waals surface area contributed by atoms with Gasteiger partial charge in [0.25, 0.3) is 5.56 Å². The summed E-state index contributed by atoms with van der Waals surface area (Å²) in [5.74, 6) is 0. The fourth-order valence-corrected chi connectivity index (χ4v) is 4.12. The van der Waals surface area contributed by atoms with Gasteiger partial charge in [-0.2, -0.15) is 0 Å². The second kappa shape index (κ2) is 6.54. The first-order valence-corrected chi connectivity index (χ1v) is 8.59. The van der Waals surface area contributed by atoms with Crippen LogP contribution < -0.4 is 11.2 Å². The summed E-state index contributed by atoms with van der Waals surface area (Å²) < 4.78 is 25.7. The van der Waals surface area contributed by atoms with Crippen molar-refractivity contribution in [1.29, 1.82) is 0 Å². The smallest absolute Gasteiger partial charge is 0.362 e. The quantitative estimate of drug-likeness (QED) is 0.433. The number of nitrogens with zero attached hydrogens (tertiary/aromatic N) is 1. The summed E-state index contributed by atoms with van der Waals surface area (Å²) >= 11 is 4.13. The number of hydrogen-bond donors (Lipinski definition) is 3. The van der Waals surface area contributed by atoms with Crippen molar-refractivity contribution in [1.82, 2.24) is 9.71 Å². The van der Waals surface area contributed by atoms with E-state index < -0.39 is 21.1 Å². The van der Waals surface area contributed by atoms with Gasteiger partial charge < -0.3 is 10.2 Å². The highest BCUT2D eigenvalue weighted by molar-refractivity contribution is 7.96. The molecule has 1 aromatic carbocycles. The normalized spacial score (nSPS) is 12.8. The lowest BCUT2D eigenvalue weighted by atomic mass is 10.2. The van der Waals surface area contributed by atoms with Crippen LogP contribution in [0.5, 0.6) is 0 Å². The Bertz CT molecular complexity index is 1110. The van der Waals surface area contributed by atoms with E-state index in [-0.39, 0.29) is 30.3 Å². The summed E-state index contributed by atoms with van der Waals surface area (Å²) in [5.41, 5.74) is -2.41. The molecule has 0 atom stereocenters.